The van der Waals surface area contributed by atoms with Crippen molar-refractivity contribution in [2.24, 2.45) is 5.92 Å². The van der Waals surface area contributed by atoms with Crippen LogP contribution in [0.25, 0.3) is 0 Å². The van der Waals surface area contributed by atoms with Crippen LogP contribution in [0, 0.1) is 12.8 Å². The van der Waals surface area contributed by atoms with Gasteiger partial charge in [-0.25, -0.2) is 0 Å². The Labute approximate surface area is 111 Å². The van der Waals surface area contributed by atoms with Crippen molar-refractivity contribution in [2.45, 2.75) is 24.6 Å². The van der Waals surface area contributed by atoms with E-state index >= 15 is 0 Å². The first-order valence-electron chi connectivity index (χ1n) is 6.02. The fourth-order valence-corrected chi connectivity index (χ4v) is 3.25. The van der Waals surface area contributed by atoms with E-state index in [0.717, 1.165) is 12.1 Å². The number of amides is 1. The van der Waals surface area contributed by atoms with Gasteiger partial charge in [0.05, 0.1) is 0 Å². The van der Waals surface area contributed by atoms with Crippen molar-refractivity contribution in [3.8, 4) is 0 Å². The van der Waals surface area contributed by atoms with E-state index in [-0.39, 0.29) is 5.91 Å². The minimum Gasteiger partial charge on any atom is -0.341 e. The van der Waals surface area contributed by atoms with Gasteiger partial charge in [0.1, 0.15) is 0 Å². The molecular formula is C14H18BrNO. The maximum atomic E-state index is 12.1. The molecule has 2 rings (SSSR count). The van der Waals surface area contributed by atoms with Crippen LogP contribution < -0.4 is 0 Å². The number of rotatable bonds is 3. The highest BCUT2D eigenvalue weighted by molar-refractivity contribution is 9.09. The maximum Gasteiger partial charge on any atom is 0.253 e. The first-order chi connectivity index (χ1) is 8.06. The Hall–Kier alpha value is -0.830. The maximum absolute atomic E-state index is 12.1. The summed E-state index contributed by atoms with van der Waals surface area (Å²) in [5.41, 5.74) is 1.97. The Balaban J connectivity index is 1.92. The van der Waals surface area contributed by atoms with Gasteiger partial charge < -0.3 is 4.90 Å². The van der Waals surface area contributed by atoms with Crippen molar-refractivity contribution < 1.29 is 4.79 Å². The molecule has 92 valence electrons. The molecule has 1 aliphatic carbocycles. The van der Waals surface area contributed by atoms with Crippen LogP contribution in [-0.4, -0.2) is 29.2 Å². The summed E-state index contributed by atoms with van der Waals surface area (Å²) in [5.74, 6) is 0.793. The van der Waals surface area contributed by atoms with Crippen molar-refractivity contribution in [2.75, 3.05) is 13.6 Å². The molecule has 0 radical (unpaired) electrons. The highest BCUT2D eigenvalue weighted by Gasteiger charge is 2.28. The zero-order valence-corrected chi connectivity index (χ0v) is 11.9. The van der Waals surface area contributed by atoms with Crippen LogP contribution in [0.5, 0.6) is 0 Å². The number of halogens is 1. The molecule has 0 spiro atoms. The molecule has 0 aliphatic heterocycles. The standard InChI is InChI=1S/C14H18BrNO/c1-10-3-5-12(6-4-10)14(17)16(2)9-11-7-13(15)8-11/h3-6,11,13H,7-9H2,1-2H3. The summed E-state index contributed by atoms with van der Waals surface area (Å²) >= 11 is 3.58. The van der Waals surface area contributed by atoms with Crippen molar-refractivity contribution in [3.05, 3.63) is 35.4 Å². The summed E-state index contributed by atoms with van der Waals surface area (Å²) in [7, 11) is 1.89. The van der Waals surface area contributed by atoms with E-state index in [2.05, 4.69) is 15.9 Å². The van der Waals surface area contributed by atoms with Crippen LogP contribution in [0.2, 0.25) is 0 Å². The molecule has 0 unspecified atom stereocenters. The van der Waals surface area contributed by atoms with Gasteiger partial charge in [-0.2, -0.15) is 0 Å². The average Bonchev–Trinajstić information content (AvgIpc) is 2.27. The normalized spacial score (nSPS) is 23.0. The fraction of sp³-hybridized carbons (Fsp3) is 0.500. The van der Waals surface area contributed by atoms with Crippen LogP contribution in [0.15, 0.2) is 24.3 Å². The van der Waals surface area contributed by atoms with Crippen LogP contribution in [-0.2, 0) is 0 Å². The quantitative estimate of drug-likeness (QED) is 0.784. The summed E-state index contributed by atoms with van der Waals surface area (Å²) in [6, 6.07) is 7.78. The molecule has 0 bridgehead atoms. The first-order valence-corrected chi connectivity index (χ1v) is 6.94. The van der Waals surface area contributed by atoms with Gasteiger partial charge in [-0.15, -0.1) is 0 Å². The smallest absolute Gasteiger partial charge is 0.253 e. The second-order valence-electron chi connectivity index (χ2n) is 4.99. The van der Waals surface area contributed by atoms with Crippen LogP contribution in [0.3, 0.4) is 0 Å². The minimum absolute atomic E-state index is 0.128. The third kappa shape index (κ3) is 3.09. The largest absolute Gasteiger partial charge is 0.341 e. The molecule has 1 fully saturated rings. The zero-order chi connectivity index (χ0) is 12.4. The molecule has 1 aliphatic rings. The molecule has 0 saturated heterocycles. The van der Waals surface area contributed by atoms with Gasteiger partial charge in [0.15, 0.2) is 0 Å². The van der Waals surface area contributed by atoms with E-state index in [1.807, 2.05) is 43.1 Å². The number of benzene rings is 1. The van der Waals surface area contributed by atoms with Gasteiger partial charge in [-0.1, -0.05) is 33.6 Å². The van der Waals surface area contributed by atoms with Gasteiger partial charge in [-0.05, 0) is 37.8 Å². The molecule has 0 aromatic heterocycles. The van der Waals surface area contributed by atoms with E-state index in [9.17, 15) is 4.79 Å². The van der Waals surface area contributed by atoms with E-state index in [0.29, 0.717) is 10.7 Å². The first kappa shape index (κ1) is 12.6. The van der Waals surface area contributed by atoms with Gasteiger partial charge in [0, 0.05) is 24.0 Å². The van der Waals surface area contributed by atoms with Crippen molar-refractivity contribution >= 4 is 21.8 Å². The average molecular weight is 296 g/mol. The summed E-state index contributed by atoms with van der Waals surface area (Å²) < 4.78 is 0. The predicted molar refractivity (Wildman–Crippen MR) is 73.6 cm³/mol. The number of aryl methyl sites for hydroxylation is 1. The second kappa shape index (κ2) is 5.21. The summed E-state index contributed by atoms with van der Waals surface area (Å²) in [6.07, 6.45) is 2.37. The van der Waals surface area contributed by atoms with Gasteiger partial charge in [-0.3, -0.25) is 4.79 Å². The van der Waals surface area contributed by atoms with E-state index in [1.54, 1.807) is 0 Å². The molecule has 1 amide bonds. The molecule has 2 nitrogen and oxygen atoms in total. The highest BCUT2D eigenvalue weighted by Crippen LogP contribution is 2.33. The SMILES string of the molecule is Cc1ccc(C(=O)N(C)CC2CC(Br)C2)cc1. The number of hydrogen-bond acceptors (Lipinski definition) is 1. The number of carbonyl (C=O) groups is 1. The Bertz CT molecular complexity index is 395. The lowest BCUT2D eigenvalue weighted by atomic mass is 9.85. The monoisotopic (exact) mass is 295 g/mol. The molecular weight excluding hydrogens is 278 g/mol. The molecule has 3 heteroatoms. The highest BCUT2D eigenvalue weighted by atomic mass is 79.9. The second-order valence-corrected chi connectivity index (χ2v) is 6.28. The van der Waals surface area contributed by atoms with Crippen LogP contribution >= 0.6 is 15.9 Å². The lowest BCUT2D eigenvalue weighted by Gasteiger charge is -2.34. The molecule has 1 aromatic rings. The fourth-order valence-electron chi connectivity index (χ4n) is 2.19. The number of hydrogen-bond donors (Lipinski definition) is 0. The number of nitrogens with zero attached hydrogens (tertiary/aromatic N) is 1. The molecule has 1 saturated carbocycles. The van der Waals surface area contributed by atoms with Crippen molar-refractivity contribution in [1.29, 1.82) is 0 Å². The summed E-state index contributed by atoms with van der Waals surface area (Å²) in [5, 5.41) is 0. The predicted octanol–water partition coefficient (Wildman–Crippen LogP) is 3.24. The molecule has 0 heterocycles. The van der Waals surface area contributed by atoms with E-state index in [4.69, 9.17) is 0 Å². The molecule has 0 N–H and O–H groups in total. The Morgan fingerprint density at radius 3 is 2.47 bits per heavy atom. The third-order valence-corrected chi connectivity index (χ3v) is 4.10. The topological polar surface area (TPSA) is 20.3 Å². The van der Waals surface area contributed by atoms with Crippen molar-refractivity contribution in [1.82, 2.24) is 4.90 Å². The van der Waals surface area contributed by atoms with Crippen molar-refractivity contribution in [3.63, 3.8) is 0 Å². The number of alkyl halides is 1. The van der Waals surface area contributed by atoms with Crippen LogP contribution in [0.4, 0.5) is 0 Å². The Morgan fingerprint density at radius 1 is 1.35 bits per heavy atom. The van der Waals surface area contributed by atoms with Crippen LogP contribution in [0.1, 0.15) is 28.8 Å². The molecule has 0 atom stereocenters. The Kier molecular flexibility index (Phi) is 3.87. The number of carbonyl (C=O) groups excluding carboxylic acids is 1. The van der Waals surface area contributed by atoms with E-state index < -0.39 is 0 Å². The van der Waals surface area contributed by atoms with Gasteiger partial charge >= 0.3 is 0 Å². The van der Waals surface area contributed by atoms with Gasteiger partial charge in [0.2, 0.25) is 0 Å². The lowest BCUT2D eigenvalue weighted by molar-refractivity contribution is 0.0749. The third-order valence-electron chi connectivity index (χ3n) is 3.36. The molecule has 17 heavy (non-hydrogen) atoms. The molecule has 1 aromatic carbocycles. The van der Waals surface area contributed by atoms with Gasteiger partial charge in [0.25, 0.3) is 5.91 Å². The van der Waals surface area contributed by atoms with E-state index in [1.165, 1.54) is 18.4 Å². The zero-order valence-electron chi connectivity index (χ0n) is 10.3. The summed E-state index contributed by atoms with van der Waals surface area (Å²) in [6.45, 7) is 2.90. The summed E-state index contributed by atoms with van der Waals surface area (Å²) in [4.78, 5) is 14.6. The minimum atomic E-state index is 0.128. The Morgan fingerprint density at radius 2 is 1.94 bits per heavy atom. The lowest BCUT2D eigenvalue weighted by Crippen LogP contribution is -2.37.